The molecule has 0 aliphatic rings. The van der Waals surface area contributed by atoms with Gasteiger partial charge in [-0.25, -0.2) is 4.57 Å². The van der Waals surface area contributed by atoms with Gasteiger partial charge in [0.1, 0.15) is 19.3 Å². The van der Waals surface area contributed by atoms with Crippen LogP contribution in [0.15, 0.2) is 48.6 Å². The lowest BCUT2D eigenvalue weighted by atomic mass is 10.0. The molecule has 0 fully saturated rings. The first-order chi connectivity index (χ1) is 30.1. The van der Waals surface area contributed by atoms with Gasteiger partial charge in [0.25, 0.3) is 0 Å². The molecule has 0 aromatic carbocycles. The zero-order valence-electron chi connectivity index (χ0n) is 41.4. The number of hydrogen-bond acceptors (Lipinski definition) is 6. The van der Waals surface area contributed by atoms with Crippen molar-refractivity contribution in [3.05, 3.63) is 48.6 Å². The van der Waals surface area contributed by atoms with Crippen LogP contribution >= 0.6 is 7.82 Å². The van der Waals surface area contributed by atoms with Crippen molar-refractivity contribution < 1.29 is 37.3 Å². The largest absolute Gasteiger partial charge is 0.472 e. The molecule has 0 aromatic heterocycles. The van der Waals surface area contributed by atoms with E-state index in [4.69, 9.17) is 18.5 Å². The molecule has 0 saturated carbocycles. The van der Waals surface area contributed by atoms with Gasteiger partial charge in [-0.15, -0.1) is 0 Å². The summed E-state index contributed by atoms with van der Waals surface area (Å²) < 4.78 is 35.2. The smallest absolute Gasteiger partial charge is 0.457 e. The third-order valence-electron chi connectivity index (χ3n) is 11.2. The molecule has 0 aliphatic carbocycles. The number of nitrogens with zero attached hydrogens (tertiary/aromatic N) is 1. The van der Waals surface area contributed by atoms with Gasteiger partial charge < -0.3 is 18.9 Å². The van der Waals surface area contributed by atoms with Crippen LogP contribution in [0.4, 0.5) is 0 Å². The molecule has 0 aliphatic heterocycles. The second-order valence-electron chi connectivity index (χ2n) is 18.5. The Morgan fingerprint density at radius 3 is 1.40 bits per heavy atom. The van der Waals surface area contributed by atoms with E-state index in [1.165, 1.54) is 148 Å². The Kier molecular flexibility index (Phi) is 44.9. The van der Waals surface area contributed by atoms with Crippen molar-refractivity contribution in [1.82, 2.24) is 0 Å². The van der Waals surface area contributed by atoms with Gasteiger partial charge in [-0.2, -0.15) is 0 Å². The van der Waals surface area contributed by atoms with Crippen molar-refractivity contribution in [3.63, 3.8) is 0 Å². The second-order valence-corrected chi connectivity index (χ2v) is 20.0. The minimum Gasteiger partial charge on any atom is -0.457 e. The average molecular weight is 895 g/mol. The van der Waals surface area contributed by atoms with Crippen molar-refractivity contribution >= 4 is 13.8 Å². The predicted octanol–water partition coefficient (Wildman–Crippen LogP) is 15.9. The quantitative estimate of drug-likeness (QED) is 0.0214. The minimum atomic E-state index is -4.28. The number of likely N-dealkylation sites (N-methyl/N-ethyl adjacent to an activating group) is 1. The van der Waals surface area contributed by atoms with Gasteiger partial charge >= 0.3 is 13.8 Å². The first kappa shape index (κ1) is 60.5. The van der Waals surface area contributed by atoms with E-state index in [-0.39, 0.29) is 25.8 Å². The third kappa shape index (κ3) is 49.5. The third-order valence-corrected chi connectivity index (χ3v) is 12.1. The fourth-order valence-electron chi connectivity index (χ4n) is 7.19. The number of unbranched alkanes of at least 4 members (excludes halogenated alkanes) is 26. The lowest BCUT2D eigenvalue weighted by Crippen LogP contribution is -2.37. The molecule has 0 radical (unpaired) electrons. The minimum absolute atomic E-state index is 0.0876. The van der Waals surface area contributed by atoms with E-state index < -0.39 is 13.9 Å². The standard InChI is InChI=1S/C53H100NO7P/c1-6-8-10-12-14-16-18-20-22-24-26-27-28-29-31-33-35-37-39-41-43-45-48-58-50-52(51-60-62(56,57)59-49-47-54(3,4)5)61-53(55)46-44-42-40-38-36-34-32-30-25-23-21-19-17-15-13-11-9-7-2/h8,10,14,16,20,22,26-27,52H,6-7,9,11-13,15,17-19,21,23-25,28-51H2,1-5H3/p+1/b10-8-,16-14-,22-20-,27-26-. The SMILES string of the molecule is CC/C=C\C/C=C\C/C=C\C/C=C\CCCCCCCCCCCOCC(COP(=O)(O)OCC[N+](C)(C)C)OC(=O)CCCCCCCCCCCCCCCCCCCC. The van der Waals surface area contributed by atoms with Gasteiger partial charge in [0, 0.05) is 13.0 Å². The van der Waals surface area contributed by atoms with Crippen LogP contribution in [0.2, 0.25) is 0 Å². The number of esters is 1. The van der Waals surface area contributed by atoms with Crippen molar-refractivity contribution in [2.45, 2.75) is 232 Å². The normalized spacial score (nSPS) is 14.0. The number of phosphoric ester groups is 1. The number of carbonyl (C=O) groups is 1. The molecule has 0 amide bonds. The summed E-state index contributed by atoms with van der Waals surface area (Å²) in [7, 11) is 1.67. The number of hydrogen-bond donors (Lipinski definition) is 1. The molecule has 0 rings (SSSR count). The molecular formula is C53H101NO7P+. The molecule has 0 aromatic rings. The molecule has 0 saturated heterocycles. The lowest BCUT2D eigenvalue weighted by Gasteiger charge is -2.24. The summed E-state index contributed by atoms with van der Waals surface area (Å²) in [5, 5.41) is 0. The number of carbonyl (C=O) groups excluding carboxylic acids is 1. The Labute approximate surface area is 384 Å². The van der Waals surface area contributed by atoms with Crippen LogP contribution in [0.5, 0.6) is 0 Å². The highest BCUT2D eigenvalue weighted by Gasteiger charge is 2.26. The van der Waals surface area contributed by atoms with Crippen molar-refractivity contribution in [2.75, 3.05) is 54.1 Å². The van der Waals surface area contributed by atoms with Gasteiger partial charge in [-0.3, -0.25) is 13.8 Å². The van der Waals surface area contributed by atoms with Crippen molar-refractivity contribution in [3.8, 4) is 0 Å². The summed E-state index contributed by atoms with van der Waals surface area (Å²) in [6.45, 7) is 5.53. The summed E-state index contributed by atoms with van der Waals surface area (Å²) in [6.07, 6.45) is 57.2. The summed E-state index contributed by atoms with van der Waals surface area (Å²) in [5.74, 6) is -0.313. The first-order valence-corrected chi connectivity index (χ1v) is 27.4. The van der Waals surface area contributed by atoms with E-state index >= 15 is 0 Å². The summed E-state index contributed by atoms with van der Waals surface area (Å²) in [6, 6.07) is 0. The molecule has 1 N–H and O–H groups in total. The fourth-order valence-corrected chi connectivity index (χ4v) is 7.93. The predicted molar refractivity (Wildman–Crippen MR) is 266 cm³/mol. The molecule has 364 valence electrons. The Bertz CT molecular complexity index is 1130. The van der Waals surface area contributed by atoms with Crippen molar-refractivity contribution in [1.29, 1.82) is 0 Å². The topological polar surface area (TPSA) is 91.3 Å². The Hall–Kier alpha value is -1.54. The molecule has 2 atom stereocenters. The van der Waals surface area contributed by atoms with Crippen LogP contribution in [-0.2, 0) is 27.9 Å². The highest BCUT2D eigenvalue weighted by Crippen LogP contribution is 2.43. The fraction of sp³-hybridized carbons (Fsp3) is 0.830. The molecule has 0 heterocycles. The number of phosphoric acid groups is 1. The second kappa shape index (κ2) is 46.0. The van der Waals surface area contributed by atoms with E-state index in [2.05, 4.69) is 62.5 Å². The maximum atomic E-state index is 12.8. The van der Waals surface area contributed by atoms with Crippen LogP contribution in [0, 0.1) is 0 Å². The zero-order valence-corrected chi connectivity index (χ0v) is 42.3. The van der Waals surface area contributed by atoms with Crippen molar-refractivity contribution in [2.24, 2.45) is 0 Å². The highest BCUT2D eigenvalue weighted by atomic mass is 31.2. The van der Waals surface area contributed by atoms with Crippen LogP contribution in [0.25, 0.3) is 0 Å². The first-order valence-electron chi connectivity index (χ1n) is 25.9. The van der Waals surface area contributed by atoms with Gasteiger partial charge in [-0.05, 0) is 51.4 Å². The molecule has 0 spiro atoms. The Balaban J connectivity index is 4.13. The van der Waals surface area contributed by atoms with Crippen LogP contribution in [0.3, 0.4) is 0 Å². The maximum absolute atomic E-state index is 12.8. The van der Waals surface area contributed by atoms with Crippen LogP contribution in [-0.4, -0.2) is 75.6 Å². The molecule has 2 unspecified atom stereocenters. The zero-order chi connectivity index (χ0) is 45.5. The number of ether oxygens (including phenoxy) is 2. The van der Waals surface area contributed by atoms with Gasteiger partial charge in [0.2, 0.25) is 0 Å². The van der Waals surface area contributed by atoms with Gasteiger partial charge in [0.15, 0.2) is 0 Å². The van der Waals surface area contributed by atoms with Crippen LogP contribution < -0.4 is 0 Å². The molecule has 8 nitrogen and oxygen atoms in total. The van der Waals surface area contributed by atoms with E-state index in [0.717, 1.165) is 57.8 Å². The number of quaternary nitrogens is 1. The van der Waals surface area contributed by atoms with Gasteiger partial charge in [0.05, 0.1) is 34.4 Å². The Morgan fingerprint density at radius 2 is 0.935 bits per heavy atom. The highest BCUT2D eigenvalue weighted by molar-refractivity contribution is 7.47. The van der Waals surface area contributed by atoms with E-state index in [0.29, 0.717) is 24.1 Å². The number of rotatable bonds is 48. The molecule has 0 bridgehead atoms. The number of allylic oxidation sites excluding steroid dienone is 8. The van der Waals surface area contributed by atoms with Crippen LogP contribution in [0.1, 0.15) is 226 Å². The molecule has 62 heavy (non-hydrogen) atoms. The van der Waals surface area contributed by atoms with E-state index in [1.54, 1.807) is 0 Å². The van der Waals surface area contributed by atoms with Gasteiger partial charge in [-0.1, -0.05) is 217 Å². The average Bonchev–Trinajstić information content (AvgIpc) is 3.23. The van der Waals surface area contributed by atoms with E-state index in [9.17, 15) is 14.3 Å². The maximum Gasteiger partial charge on any atom is 0.472 e. The monoisotopic (exact) mass is 895 g/mol. The molecular weight excluding hydrogens is 794 g/mol. The molecule has 9 heteroatoms. The lowest BCUT2D eigenvalue weighted by molar-refractivity contribution is -0.870. The van der Waals surface area contributed by atoms with E-state index in [1.807, 2.05) is 21.1 Å². The summed E-state index contributed by atoms with van der Waals surface area (Å²) >= 11 is 0. The Morgan fingerprint density at radius 1 is 0.516 bits per heavy atom. The summed E-state index contributed by atoms with van der Waals surface area (Å²) in [4.78, 5) is 23.0. The summed E-state index contributed by atoms with van der Waals surface area (Å²) in [5.41, 5.74) is 0.